The van der Waals surface area contributed by atoms with Crippen LogP contribution in [0.25, 0.3) is 0 Å². The molecule has 3 heteroatoms. The van der Waals surface area contributed by atoms with Gasteiger partial charge in [-0.15, -0.1) is 0 Å². The summed E-state index contributed by atoms with van der Waals surface area (Å²) in [6, 6.07) is 9.11. The van der Waals surface area contributed by atoms with Gasteiger partial charge in [-0.05, 0) is 17.7 Å². The van der Waals surface area contributed by atoms with Crippen molar-refractivity contribution in [2.24, 2.45) is 5.92 Å². The first-order valence-corrected chi connectivity index (χ1v) is 5.03. The normalized spacial score (nSPS) is 24.0. The Morgan fingerprint density at radius 2 is 2.00 bits per heavy atom. The molecular weight excluding hydrogens is 202 g/mol. The number of hydrogen-bond acceptors (Lipinski definition) is 3. The lowest BCUT2D eigenvalue weighted by atomic mass is 9.94. The minimum Gasteiger partial charge on any atom is -0.453 e. The molecule has 1 saturated heterocycles. The van der Waals surface area contributed by atoms with Crippen LogP contribution >= 0.6 is 0 Å². The number of carbonyl (C=O) groups is 1. The maximum Gasteiger partial charge on any atom is 0.334 e. The lowest BCUT2D eigenvalue weighted by Crippen LogP contribution is -2.04. The second kappa shape index (κ2) is 3.82. The van der Waals surface area contributed by atoms with Gasteiger partial charge in [0.05, 0.1) is 11.6 Å². The van der Waals surface area contributed by atoms with Crippen molar-refractivity contribution in [2.45, 2.75) is 13.0 Å². The molecule has 1 fully saturated rings. The predicted molar refractivity (Wildman–Crippen MR) is 58.3 cm³/mol. The zero-order valence-electron chi connectivity index (χ0n) is 8.93. The largest absolute Gasteiger partial charge is 0.453 e. The first-order chi connectivity index (χ1) is 7.63. The number of cyclic esters (lactones) is 1. The fourth-order valence-electron chi connectivity index (χ4n) is 1.77. The number of nitrogens with zero attached hydrogens (tertiary/aromatic N) is 1. The summed E-state index contributed by atoms with van der Waals surface area (Å²) in [4.78, 5) is 11.3. The molecule has 0 amide bonds. The van der Waals surface area contributed by atoms with E-state index in [9.17, 15) is 4.79 Å². The molecule has 0 aliphatic carbocycles. The zero-order chi connectivity index (χ0) is 11.7. The van der Waals surface area contributed by atoms with Crippen LogP contribution in [0.2, 0.25) is 0 Å². The van der Waals surface area contributed by atoms with Crippen LogP contribution in [0.5, 0.6) is 0 Å². The van der Waals surface area contributed by atoms with E-state index in [1.807, 2.05) is 25.1 Å². The smallest absolute Gasteiger partial charge is 0.334 e. The highest BCUT2D eigenvalue weighted by Gasteiger charge is 2.36. The van der Waals surface area contributed by atoms with E-state index in [1.54, 1.807) is 12.1 Å². The number of hydrogen-bond donors (Lipinski definition) is 0. The highest BCUT2D eigenvalue weighted by atomic mass is 16.6. The van der Waals surface area contributed by atoms with E-state index in [4.69, 9.17) is 10.00 Å². The average Bonchev–Trinajstić information content (AvgIpc) is 2.57. The molecule has 0 aromatic heterocycles. The minimum atomic E-state index is -0.332. The molecule has 0 N–H and O–H groups in total. The standard InChI is InChI=1S/C13H11NO2/c1-8-9(2)13(15)16-12(8)11-5-3-10(7-14)4-6-11/h3-6,8,12H,2H2,1H3/t8-,12+/m1/s1. The molecule has 16 heavy (non-hydrogen) atoms. The molecule has 1 aliphatic rings. The van der Waals surface area contributed by atoms with E-state index in [-0.39, 0.29) is 18.0 Å². The van der Waals surface area contributed by atoms with E-state index in [0.717, 1.165) is 5.56 Å². The Bertz CT molecular complexity index is 482. The maximum absolute atomic E-state index is 11.3. The summed E-state index contributed by atoms with van der Waals surface area (Å²) in [7, 11) is 0. The third kappa shape index (κ3) is 1.59. The van der Waals surface area contributed by atoms with Gasteiger partial charge >= 0.3 is 5.97 Å². The third-order valence-electron chi connectivity index (χ3n) is 2.87. The van der Waals surface area contributed by atoms with Crippen molar-refractivity contribution in [2.75, 3.05) is 0 Å². The van der Waals surface area contributed by atoms with Crippen LogP contribution < -0.4 is 0 Å². The summed E-state index contributed by atoms with van der Waals surface area (Å²) in [5.41, 5.74) is 2.01. The van der Waals surface area contributed by atoms with Gasteiger partial charge in [0, 0.05) is 11.5 Å². The van der Waals surface area contributed by atoms with Gasteiger partial charge in [-0.3, -0.25) is 0 Å². The van der Waals surface area contributed by atoms with Crippen molar-refractivity contribution in [1.82, 2.24) is 0 Å². The van der Waals surface area contributed by atoms with E-state index in [2.05, 4.69) is 6.58 Å². The van der Waals surface area contributed by atoms with Gasteiger partial charge in [0.25, 0.3) is 0 Å². The van der Waals surface area contributed by atoms with E-state index in [0.29, 0.717) is 11.1 Å². The minimum absolute atomic E-state index is 0.0135. The Hall–Kier alpha value is -2.08. The first-order valence-electron chi connectivity index (χ1n) is 5.03. The monoisotopic (exact) mass is 213 g/mol. The lowest BCUT2D eigenvalue weighted by Gasteiger charge is -2.13. The number of rotatable bonds is 1. The van der Waals surface area contributed by atoms with Gasteiger partial charge in [-0.25, -0.2) is 4.79 Å². The van der Waals surface area contributed by atoms with E-state index >= 15 is 0 Å². The van der Waals surface area contributed by atoms with E-state index < -0.39 is 0 Å². The number of nitriles is 1. The highest BCUT2D eigenvalue weighted by Crippen LogP contribution is 2.37. The molecule has 1 aromatic carbocycles. The number of ether oxygens (including phenoxy) is 1. The molecule has 1 aromatic rings. The molecule has 0 unspecified atom stereocenters. The van der Waals surface area contributed by atoms with Crippen LogP contribution in [0.4, 0.5) is 0 Å². The molecule has 2 rings (SSSR count). The second-order valence-corrected chi connectivity index (χ2v) is 3.87. The van der Waals surface area contributed by atoms with Crippen LogP contribution in [-0.4, -0.2) is 5.97 Å². The average molecular weight is 213 g/mol. The molecule has 0 radical (unpaired) electrons. The summed E-state index contributed by atoms with van der Waals surface area (Å²) in [5.74, 6) is -0.345. The molecule has 1 aliphatic heterocycles. The third-order valence-corrected chi connectivity index (χ3v) is 2.87. The molecular formula is C13H11NO2. The van der Waals surface area contributed by atoms with Gasteiger partial charge in [-0.1, -0.05) is 25.6 Å². The summed E-state index contributed by atoms with van der Waals surface area (Å²) in [6.07, 6.45) is -0.271. The van der Waals surface area contributed by atoms with Crippen LogP contribution in [-0.2, 0) is 9.53 Å². The molecule has 0 saturated carbocycles. The summed E-state index contributed by atoms with van der Waals surface area (Å²) >= 11 is 0. The van der Waals surface area contributed by atoms with Crippen molar-refractivity contribution in [1.29, 1.82) is 5.26 Å². The molecule has 0 bridgehead atoms. The Balaban J connectivity index is 2.29. The van der Waals surface area contributed by atoms with Crippen LogP contribution in [0.1, 0.15) is 24.2 Å². The highest BCUT2D eigenvalue weighted by molar-refractivity contribution is 5.90. The van der Waals surface area contributed by atoms with Crippen molar-refractivity contribution in [3.05, 3.63) is 47.5 Å². The number of esters is 1. The molecule has 80 valence electrons. The van der Waals surface area contributed by atoms with Gasteiger partial charge < -0.3 is 4.74 Å². The maximum atomic E-state index is 11.3. The van der Waals surface area contributed by atoms with Gasteiger partial charge in [0.1, 0.15) is 6.10 Å². The molecule has 1 heterocycles. The van der Waals surface area contributed by atoms with Crippen LogP contribution in [0.15, 0.2) is 36.4 Å². The number of benzene rings is 1. The van der Waals surface area contributed by atoms with Crippen LogP contribution in [0, 0.1) is 17.2 Å². The van der Waals surface area contributed by atoms with Gasteiger partial charge in [-0.2, -0.15) is 5.26 Å². The van der Waals surface area contributed by atoms with Crippen molar-refractivity contribution >= 4 is 5.97 Å². The fourth-order valence-corrected chi connectivity index (χ4v) is 1.77. The Morgan fingerprint density at radius 3 is 2.44 bits per heavy atom. The predicted octanol–water partition coefficient (Wildman–Crippen LogP) is 2.35. The van der Waals surface area contributed by atoms with Crippen molar-refractivity contribution < 1.29 is 9.53 Å². The van der Waals surface area contributed by atoms with Crippen molar-refractivity contribution in [3.63, 3.8) is 0 Å². The fraction of sp³-hybridized carbons (Fsp3) is 0.231. The second-order valence-electron chi connectivity index (χ2n) is 3.87. The lowest BCUT2D eigenvalue weighted by molar-refractivity contribution is -0.139. The van der Waals surface area contributed by atoms with Gasteiger partial charge in [0.15, 0.2) is 0 Å². The molecule has 3 nitrogen and oxygen atoms in total. The summed E-state index contributed by atoms with van der Waals surface area (Å²) < 4.78 is 5.22. The van der Waals surface area contributed by atoms with Crippen molar-refractivity contribution in [3.8, 4) is 6.07 Å². The Labute approximate surface area is 94.0 Å². The quantitative estimate of drug-likeness (QED) is 0.531. The molecule has 0 spiro atoms. The Kier molecular flexibility index (Phi) is 2.49. The Morgan fingerprint density at radius 1 is 1.38 bits per heavy atom. The first kappa shape index (κ1) is 10.4. The molecule has 2 atom stereocenters. The van der Waals surface area contributed by atoms with Gasteiger partial charge in [0.2, 0.25) is 0 Å². The van der Waals surface area contributed by atoms with Crippen LogP contribution in [0.3, 0.4) is 0 Å². The SMILES string of the molecule is C=C1C(=O)O[C@H](c2ccc(C#N)cc2)[C@@H]1C. The zero-order valence-corrected chi connectivity index (χ0v) is 8.93. The topological polar surface area (TPSA) is 50.1 Å². The number of carbonyl (C=O) groups excluding carboxylic acids is 1. The summed E-state index contributed by atoms with van der Waals surface area (Å²) in [5, 5.41) is 8.68. The van der Waals surface area contributed by atoms with E-state index in [1.165, 1.54) is 0 Å². The summed E-state index contributed by atoms with van der Waals surface area (Å²) in [6.45, 7) is 5.61.